The van der Waals surface area contributed by atoms with E-state index >= 15 is 0 Å². The molecule has 2 aliphatic heterocycles. The van der Waals surface area contributed by atoms with E-state index in [4.69, 9.17) is 9.72 Å². The Morgan fingerprint density at radius 2 is 2.03 bits per heavy atom. The molecule has 10 nitrogen and oxygen atoms in total. The number of pyridine rings is 1. The van der Waals surface area contributed by atoms with E-state index in [9.17, 15) is 19.1 Å². The molecule has 2 saturated heterocycles. The number of carbonyl (C=O) groups is 2. The Morgan fingerprint density at radius 3 is 2.68 bits per heavy atom. The summed E-state index contributed by atoms with van der Waals surface area (Å²) in [6.45, 7) is 2.87. The van der Waals surface area contributed by atoms with Gasteiger partial charge in [0, 0.05) is 43.0 Å². The number of aliphatic hydroxyl groups excluding tert-OH is 1. The van der Waals surface area contributed by atoms with E-state index in [-0.39, 0.29) is 18.5 Å². The number of hydrogen-bond acceptors (Lipinski definition) is 6. The number of methoxy groups -OCH3 is 1. The Morgan fingerprint density at radius 1 is 1.24 bits per heavy atom. The number of H-pyrrole nitrogens is 1. The monoisotopic (exact) mass is 522 g/mol. The largest absolute Gasteiger partial charge is 0.497 e. The fourth-order valence-electron chi connectivity index (χ4n) is 5.49. The number of nitrogens with one attached hydrogen (secondary N) is 1. The minimum Gasteiger partial charge on any atom is -0.497 e. The zero-order chi connectivity index (χ0) is 26.9. The van der Waals surface area contributed by atoms with Crippen LogP contribution in [-0.2, 0) is 17.8 Å². The molecule has 3 aromatic rings. The Bertz CT molecular complexity index is 1320. The van der Waals surface area contributed by atoms with Gasteiger partial charge in [-0.15, -0.1) is 0 Å². The van der Waals surface area contributed by atoms with Gasteiger partial charge in [0.05, 0.1) is 31.1 Å². The zero-order valence-electron chi connectivity index (χ0n) is 21.5. The highest BCUT2D eigenvalue weighted by molar-refractivity contribution is 5.95. The van der Waals surface area contributed by atoms with Crippen molar-refractivity contribution in [2.45, 2.75) is 38.3 Å². The van der Waals surface area contributed by atoms with Crippen LogP contribution in [-0.4, -0.2) is 80.9 Å². The smallest absolute Gasteiger partial charge is 0.326 e. The first kappa shape index (κ1) is 25.7. The zero-order valence-corrected chi connectivity index (χ0v) is 21.5. The summed E-state index contributed by atoms with van der Waals surface area (Å²) in [5.74, 6) is 0.160. The average Bonchev–Trinajstić information content (AvgIpc) is 3.56. The number of halogens is 1. The van der Waals surface area contributed by atoms with E-state index in [1.165, 1.54) is 19.2 Å². The second-order valence-electron chi connectivity index (χ2n) is 9.72. The van der Waals surface area contributed by atoms with E-state index in [2.05, 4.69) is 10.2 Å². The molecular weight excluding hydrogens is 491 g/mol. The lowest BCUT2D eigenvalue weighted by molar-refractivity contribution is -0.136. The summed E-state index contributed by atoms with van der Waals surface area (Å²) in [6.07, 6.45) is 5.28. The maximum Gasteiger partial charge on any atom is 0.326 e. The molecule has 1 spiro atoms. The molecule has 200 valence electrons. The number of aromatic amines is 1. The first-order valence-corrected chi connectivity index (χ1v) is 12.7. The van der Waals surface area contributed by atoms with Crippen LogP contribution in [0.2, 0.25) is 0 Å². The fraction of sp³-hybridized carbons (Fsp3) is 0.407. The Balaban J connectivity index is 1.49. The predicted molar refractivity (Wildman–Crippen MR) is 138 cm³/mol. The van der Waals surface area contributed by atoms with E-state index in [1.54, 1.807) is 27.0 Å². The van der Waals surface area contributed by atoms with Gasteiger partial charge in [-0.05, 0) is 49.1 Å². The molecule has 2 N–H and O–H groups in total. The van der Waals surface area contributed by atoms with Crippen LogP contribution in [0.1, 0.15) is 31.0 Å². The van der Waals surface area contributed by atoms with E-state index in [0.29, 0.717) is 56.0 Å². The van der Waals surface area contributed by atoms with Crippen molar-refractivity contribution in [1.82, 2.24) is 25.0 Å². The van der Waals surface area contributed by atoms with Gasteiger partial charge in [0.25, 0.3) is 0 Å². The highest BCUT2D eigenvalue weighted by Crippen LogP contribution is 2.40. The van der Waals surface area contributed by atoms with Gasteiger partial charge in [0.15, 0.2) is 0 Å². The number of ether oxygens (including phenoxy) is 1. The number of rotatable bonds is 7. The molecule has 0 atom stereocenters. The van der Waals surface area contributed by atoms with Crippen molar-refractivity contribution >= 4 is 17.8 Å². The number of aryl methyl sites for hydroxylation is 1. The Hall–Kier alpha value is -3.99. The number of urea groups is 1. The molecule has 1 aromatic carbocycles. The molecule has 0 aliphatic carbocycles. The molecule has 2 fully saturated rings. The van der Waals surface area contributed by atoms with Gasteiger partial charge < -0.3 is 19.6 Å². The van der Waals surface area contributed by atoms with Crippen LogP contribution < -0.4 is 9.64 Å². The van der Waals surface area contributed by atoms with Crippen LogP contribution in [0.3, 0.4) is 0 Å². The molecular formula is C27H31FN6O4. The first-order chi connectivity index (χ1) is 18.4. The number of piperidine rings is 1. The Labute approximate surface area is 220 Å². The third-order valence-corrected chi connectivity index (χ3v) is 7.56. The van der Waals surface area contributed by atoms with E-state index in [1.807, 2.05) is 25.3 Å². The number of amides is 3. The third-order valence-electron chi connectivity index (χ3n) is 7.56. The SMILES string of the molecule is CCc1nc(N2CC3(CCN(C(=O)CO)CC3)N(Cc3cc(F)cc(OC)c3)C2=O)ccc1-c1cn[nH]c1. The summed E-state index contributed by atoms with van der Waals surface area (Å²) in [6, 6.07) is 8.00. The summed E-state index contributed by atoms with van der Waals surface area (Å²) < 4.78 is 19.5. The van der Waals surface area contributed by atoms with Crippen molar-refractivity contribution < 1.29 is 23.8 Å². The van der Waals surface area contributed by atoms with Crippen LogP contribution in [0.15, 0.2) is 42.7 Å². The lowest BCUT2D eigenvalue weighted by atomic mass is 9.86. The standard InChI is InChI=1S/C27H31FN6O4/c1-3-23-22(19-13-29-30-14-19)4-5-24(31-23)33-17-27(6-8-32(9-7-27)25(36)16-35)34(26(33)37)15-18-10-20(28)12-21(11-18)38-2/h4-5,10-14,35H,3,6-9,15-17H2,1-2H3,(H,29,30). The van der Waals surface area contributed by atoms with Crippen LogP contribution in [0.4, 0.5) is 15.0 Å². The van der Waals surface area contributed by atoms with Crippen molar-refractivity contribution in [3.8, 4) is 16.9 Å². The number of benzene rings is 1. The second kappa shape index (κ2) is 10.4. The van der Waals surface area contributed by atoms with Gasteiger partial charge >= 0.3 is 6.03 Å². The molecule has 5 rings (SSSR count). The number of nitrogens with zero attached hydrogens (tertiary/aromatic N) is 5. The van der Waals surface area contributed by atoms with Gasteiger partial charge in [0.1, 0.15) is 24.0 Å². The van der Waals surface area contributed by atoms with Gasteiger partial charge in [-0.25, -0.2) is 14.2 Å². The molecule has 0 saturated carbocycles. The molecule has 2 aliphatic rings. The van der Waals surface area contributed by atoms with Gasteiger partial charge in [-0.1, -0.05) is 6.92 Å². The number of carbonyl (C=O) groups excluding carboxylic acids is 2. The fourth-order valence-corrected chi connectivity index (χ4v) is 5.49. The molecule has 0 radical (unpaired) electrons. The van der Waals surface area contributed by atoms with Gasteiger partial charge in [-0.2, -0.15) is 5.10 Å². The van der Waals surface area contributed by atoms with Crippen molar-refractivity contribution in [1.29, 1.82) is 0 Å². The van der Waals surface area contributed by atoms with Crippen molar-refractivity contribution in [3.63, 3.8) is 0 Å². The minimum absolute atomic E-state index is 0.186. The normalized spacial score (nSPS) is 16.9. The number of likely N-dealkylation sites (tertiary alicyclic amines) is 1. The van der Waals surface area contributed by atoms with Crippen molar-refractivity contribution in [2.24, 2.45) is 0 Å². The number of aliphatic hydroxyl groups is 1. The maximum atomic E-state index is 14.3. The summed E-state index contributed by atoms with van der Waals surface area (Å²) in [7, 11) is 1.47. The number of aromatic nitrogens is 3. The van der Waals surface area contributed by atoms with E-state index < -0.39 is 18.0 Å². The molecule has 4 heterocycles. The third kappa shape index (κ3) is 4.69. The highest BCUT2D eigenvalue weighted by Gasteiger charge is 2.52. The lowest BCUT2D eigenvalue weighted by Gasteiger charge is -2.43. The second-order valence-corrected chi connectivity index (χ2v) is 9.72. The highest BCUT2D eigenvalue weighted by atomic mass is 19.1. The molecule has 0 unspecified atom stereocenters. The van der Waals surface area contributed by atoms with Crippen LogP contribution in [0.25, 0.3) is 11.1 Å². The minimum atomic E-state index is -0.583. The molecule has 0 bridgehead atoms. The molecule has 11 heteroatoms. The van der Waals surface area contributed by atoms with Gasteiger partial charge in [0.2, 0.25) is 5.91 Å². The quantitative estimate of drug-likeness (QED) is 0.493. The first-order valence-electron chi connectivity index (χ1n) is 12.7. The van der Waals surface area contributed by atoms with Crippen molar-refractivity contribution in [2.75, 3.05) is 38.3 Å². The summed E-state index contributed by atoms with van der Waals surface area (Å²) >= 11 is 0. The summed E-state index contributed by atoms with van der Waals surface area (Å²) in [4.78, 5) is 36.0. The summed E-state index contributed by atoms with van der Waals surface area (Å²) in [5.41, 5.74) is 2.75. The number of hydrogen-bond donors (Lipinski definition) is 2. The topological polar surface area (TPSA) is 115 Å². The molecule has 2 aromatic heterocycles. The summed E-state index contributed by atoms with van der Waals surface area (Å²) in [5, 5.41) is 16.2. The predicted octanol–water partition coefficient (Wildman–Crippen LogP) is 2.98. The van der Waals surface area contributed by atoms with Crippen LogP contribution in [0.5, 0.6) is 5.75 Å². The Kier molecular flexibility index (Phi) is 7.02. The average molecular weight is 523 g/mol. The molecule has 3 amide bonds. The number of anilines is 1. The molecule has 38 heavy (non-hydrogen) atoms. The van der Waals surface area contributed by atoms with Gasteiger partial charge in [-0.3, -0.25) is 14.8 Å². The van der Waals surface area contributed by atoms with E-state index in [0.717, 1.165) is 16.8 Å². The lowest BCUT2D eigenvalue weighted by Crippen LogP contribution is -2.55. The van der Waals surface area contributed by atoms with Crippen LogP contribution >= 0.6 is 0 Å². The maximum absolute atomic E-state index is 14.3. The van der Waals surface area contributed by atoms with Crippen molar-refractivity contribution in [3.05, 3.63) is 59.8 Å². The van der Waals surface area contributed by atoms with Crippen LogP contribution in [0, 0.1) is 5.82 Å².